The Bertz CT molecular complexity index is 1130. The fraction of sp³-hybridized carbons (Fsp3) is 0.130. The highest BCUT2D eigenvalue weighted by atomic mass is 16.5. The highest BCUT2D eigenvalue weighted by molar-refractivity contribution is 6.15. The molecule has 7 nitrogen and oxygen atoms in total. The van der Waals surface area contributed by atoms with Crippen molar-refractivity contribution in [3.63, 3.8) is 0 Å². The van der Waals surface area contributed by atoms with E-state index in [4.69, 9.17) is 23.4 Å². The number of fused-ring (bicyclic) bond motifs is 1. The normalized spacial score (nSPS) is 13.7. The molecule has 0 atom stereocenters. The minimum Gasteiger partial charge on any atom is -0.496 e. The van der Waals surface area contributed by atoms with E-state index in [1.807, 2.05) is 0 Å². The number of benzene rings is 2. The number of Topliss-reactive ketones (excluding diaryl/α,β-unsaturated/α-hetero) is 1. The highest BCUT2D eigenvalue weighted by Crippen LogP contribution is 2.38. The molecule has 0 fully saturated rings. The van der Waals surface area contributed by atoms with Crippen molar-refractivity contribution < 1.29 is 33.0 Å². The number of esters is 1. The summed E-state index contributed by atoms with van der Waals surface area (Å²) in [6.45, 7) is 1.75. The molecule has 0 saturated carbocycles. The molecule has 152 valence electrons. The van der Waals surface area contributed by atoms with Crippen LogP contribution < -0.4 is 18.9 Å². The molecule has 0 spiro atoms. The zero-order valence-electron chi connectivity index (χ0n) is 16.6. The minimum absolute atomic E-state index is 0.137. The molecule has 2 heterocycles. The summed E-state index contributed by atoms with van der Waals surface area (Å²) in [7, 11) is 2.91. The van der Waals surface area contributed by atoms with Crippen molar-refractivity contribution in [3.8, 4) is 23.0 Å². The largest absolute Gasteiger partial charge is 0.496 e. The van der Waals surface area contributed by atoms with Crippen LogP contribution in [0.1, 0.15) is 32.0 Å². The number of methoxy groups -OCH3 is 2. The van der Waals surface area contributed by atoms with Crippen LogP contribution in [0.15, 0.2) is 58.9 Å². The second-order valence-electron chi connectivity index (χ2n) is 6.50. The van der Waals surface area contributed by atoms with Gasteiger partial charge in [-0.3, -0.25) is 4.79 Å². The summed E-state index contributed by atoms with van der Waals surface area (Å²) in [4.78, 5) is 25.5. The van der Waals surface area contributed by atoms with Crippen LogP contribution in [0.5, 0.6) is 23.0 Å². The van der Waals surface area contributed by atoms with E-state index >= 15 is 0 Å². The lowest BCUT2D eigenvalue weighted by Crippen LogP contribution is -2.12. The van der Waals surface area contributed by atoms with Crippen molar-refractivity contribution >= 4 is 17.8 Å². The van der Waals surface area contributed by atoms with E-state index in [1.54, 1.807) is 43.3 Å². The lowest BCUT2D eigenvalue weighted by Gasteiger charge is -2.13. The number of hydrogen-bond acceptors (Lipinski definition) is 7. The Morgan fingerprint density at radius 3 is 2.40 bits per heavy atom. The molecule has 1 aliphatic rings. The number of rotatable bonds is 5. The zero-order valence-corrected chi connectivity index (χ0v) is 16.6. The summed E-state index contributed by atoms with van der Waals surface area (Å²) in [5.41, 5.74) is 1.20. The summed E-state index contributed by atoms with van der Waals surface area (Å²) in [6.07, 6.45) is 3.03. The van der Waals surface area contributed by atoms with Crippen LogP contribution in [0.3, 0.4) is 0 Å². The summed E-state index contributed by atoms with van der Waals surface area (Å²) in [5, 5.41) is 0. The second-order valence-corrected chi connectivity index (χ2v) is 6.50. The third kappa shape index (κ3) is 3.41. The van der Waals surface area contributed by atoms with Gasteiger partial charge in [0.25, 0.3) is 0 Å². The van der Waals surface area contributed by atoms with Gasteiger partial charge in [0, 0.05) is 12.1 Å². The quantitative estimate of drug-likeness (QED) is 0.352. The van der Waals surface area contributed by atoms with Crippen LogP contribution in [0.25, 0.3) is 6.08 Å². The van der Waals surface area contributed by atoms with Gasteiger partial charge in [0.1, 0.15) is 34.3 Å². The fourth-order valence-electron chi connectivity index (χ4n) is 3.25. The predicted octanol–water partition coefficient (Wildman–Crippen LogP) is 4.44. The van der Waals surface area contributed by atoms with Gasteiger partial charge in [-0.05, 0) is 42.8 Å². The van der Waals surface area contributed by atoms with Crippen molar-refractivity contribution in [2.45, 2.75) is 6.92 Å². The molecule has 2 aromatic carbocycles. The van der Waals surface area contributed by atoms with E-state index in [2.05, 4.69) is 0 Å². The van der Waals surface area contributed by atoms with Crippen LogP contribution in [0.2, 0.25) is 0 Å². The van der Waals surface area contributed by atoms with Gasteiger partial charge in [-0.15, -0.1) is 0 Å². The topological polar surface area (TPSA) is 84.2 Å². The minimum atomic E-state index is -0.653. The monoisotopic (exact) mass is 406 g/mol. The average molecular weight is 406 g/mol. The Balaban J connectivity index is 1.64. The molecule has 0 N–H and O–H groups in total. The number of aryl methyl sites for hydroxylation is 1. The van der Waals surface area contributed by atoms with Gasteiger partial charge < -0.3 is 23.4 Å². The Morgan fingerprint density at radius 1 is 1.03 bits per heavy atom. The fourth-order valence-corrected chi connectivity index (χ4v) is 3.25. The maximum absolute atomic E-state index is 12.8. The van der Waals surface area contributed by atoms with Crippen LogP contribution in [0, 0.1) is 6.92 Å². The number of hydrogen-bond donors (Lipinski definition) is 0. The molecule has 7 heteroatoms. The Morgan fingerprint density at radius 2 is 1.77 bits per heavy atom. The van der Waals surface area contributed by atoms with Gasteiger partial charge in [0.15, 0.2) is 5.76 Å². The molecule has 0 bridgehead atoms. The summed E-state index contributed by atoms with van der Waals surface area (Å²) < 4.78 is 27.0. The smallest absolute Gasteiger partial charge is 0.351 e. The standard InChI is InChI=1S/C23H18O7/c1-13-10-15(29-23(25)21-16(26-2)7-4-8-17(21)27-3)12-18-20(13)22(24)19(30-18)11-14-6-5-9-28-14/h4-12H,1-3H3/b19-11-. The van der Waals surface area contributed by atoms with Gasteiger partial charge in [0.05, 0.1) is 26.0 Å². The van der Waals surface area contributed by atoms with Crippen LogP contribution in [-0.2, 0) is 0 Å². The van der Waals surface area contributed by atoms with Crippen LogP contribution in [-0.4, -0.2) is 26.0 Å². The maximum atomic E-state index is 12.8. The predicted molar refractivity (Wildman–Crippen MR) is 107 cm³/mol. The number of furan rings is 1. The van der Waals surface area contributed by atoms with Gasteiger partial charge in [-0.25, -0.2) is 4.79 Å². The first-order valence-electron chi connectivity index (χ1n) is 9.07. The first-order chi connectivity index (χ1) is 14.5. The first kappa shape index (κ1) is 19.3. The van der Waals surface area contributed by atoms with Crippen molar-refractivity contribution in [2.75, 3.05) is 14.2 Å². The van der Waals surface area contributed by atoms with E-state index in [0.717, 1.165) is 0 Å². The number of allylic oxidation sites excluding steroid dienone is 1. The summed E-state index contributed by atoms with van der Waals surface area (Å²) >= 11 is 0. The van der Waals surface area contributed by atoms with Crippen molar-refractivity contribution in [3.05, 3.63) is 76.9 Å². The summed E-state index contributed by atoms with van der Waals surface area (Å²) in [6, 6.07) is 11.5. The molecule has 1 aliphatic heterocycles. The second kappa shape index (κ2) is 7.79. The van der Waals surface area contributed by atoms with Crippen LogP contribution in [0.4, 0.5) is 0 Å². The molecular weight excluding hydrogens is 388 g/mol. The number of ether oxygens (including phenoxy) is 4. The first-order valence-corrected chi connectivity index (χ1v) is 9.07. The molecule has 3 aromatic rings. The van der Waals surface area contributed by atoms with Crippen molar-refractivity contribution in [2.24, 2.45) is 0 Å². The third-order valence-corrected chi connectivity index (χ3v) is 4.60. The van der Waals surface area contributed by atoms with Crippen molar-refractivity contribution in [1.29, 1.82) is 0 Å². The zero-order chi connectivity index (χ0) is 21.3. The highest BCUT2D eigenvalue weighted by Gasteiger charge is 2.31. The van der Waals surface area contributed by atoms with Gasteiger partial charge in [0.2, 0.25) is 5.78 Å². The molecule has 4 rings (SSSR count). The van der Waals surface area contributed by atoms with E-state index in [9.17, 15) is 9.59 Å². The van der Waals surface area contributed by atoms with E-state index in [1.165, 1.54) is 32.6 Å². The molecule has 30 heavy (non-hydrogen) atoms. The van der Waals surface area contributed by atoms with Crippen LogP contribution >= 0.6 is 0 Å². The molecular formula is C23H18O7. The van der Waals surface area contributed by atoms with Gasteiger partial charge in [-0.1, -0.05) is 6.07 Å². The molecule has 1 aromatic heterocycles. The van der Waals surface area contributed by atoms with E-state index in [0.29, 0.717) is 34.1 Å². The lowest BCUT2D eigenvalue weighted by atomic mass is 10.0. The van der Waals surface area contributed by atoms with E-state index in [-0.39, 0.29) is 22.9 Å². The SMILES string of the molecule is COc1cccc(OC)c1C(=O)Oc1cc(C)c2c(c1)O/C(=C\c1ccco1)C2=O. The molecule has 0 unspecified atom stereocenters. The number of carbonyl (C=O) groups excluding carboxylic acids is 2. The van der Waals surface area contributed by atoms with Crippen molar-refractivity contribution in [1.82, 2.24) is 0 Å². The third-order valence-electron chi connectivity index (χ3n) is 4.60. The lowest BCUT2D eigenvalue weighted by molar-refractivity contribution is 0.0727. The molecule has 0 saturated heterocycles. The van der Waals surface area contributed by atoms with Gasteiger partial charge >= 0.3 is 5.97 Å². The van der Waals surface area contributed by atoms with Gasteiger partial charge in [-0.2, -0.15) is 0 Å². The number of carbonyl (C=O) groups is 2. The maximum Gasteiger partial charge on any atom is 0.351 e. The van der Waals surface area contributed by atoms with E-state index < -0.39 is 5.97 Å². The average Bonchev–Trinajstić information content (AvgIpc) is 3.35. The Labute approximate surface area is 172 Å². The Hall–Kier alpha value is -4.00. The molecule has 0 radical (unpaired) electrons. The molecule has 0 aliphatic carbocycles. The number of ketones is 1. The molecule has 0 amide bonds. The Kier molecular flexibility index (Phi) is 5.02. The summed E-state index contributed by atoms with van der Waals surface area (Å²) in [5.74, 6) is 0.919.